The van der Waals surface area contributed by atoms with E-state index < -0.39 is 27.9 Å². The SMILES string of the molecule is CC(C(=O)O)N1CCC(NS(=O)(=O)c2ccc(F)cc2)CC1.Cl. The van der Waals surface area contributed by atoms with E-state index in [2.05, 4.69) is 4.72 Å². The number of likely N-dealkylation sites (tertiary alicyclic amines) is 1. The van der Waals surface area contributed by atoms with E-state index in [9.17, 15) is 17.6 Å². The quantitative estimate of drug-likeness (QED) is 0.824. The summed E-state index contributed by atoms with van der Waals surface area (Å²) in [5, 5.41) is 8.97. The second kappa shape index (κ2) is 8.05. The zero-order chi connectivity index (χ0) is 16.3. The summed E-state index contributed by atoms with van der Waals surface area (Å²) in [7, 11) is -3.68. The van der Waals surface area contributed by atoms with Crippen molar-refractivity contribution in [1.29, 1.82) is 0 Å². The van der Waals surface area contributed by atoms with Gasteiger partial charge in [-0.05, 0) is 44.0 Å². The van der Waals surface area contributed by atoms with E-state index in [1.807, 2.05) is 4.90 Å². The Bertz CT molecular complexity index is 631. The minimum atomic E-state index is -3.68. The molecular formula is C14H20ClFN2O4S. The Morgan fingerprint density at radius 2 is 1.83 bits per heavy atom. The highest BCUT2D eigenvalue weighted by atomic mass is 35.5. The summed E-state index contributed by atoms with van der Waals surface area (Å²) in [6, 6.07) is 3.83. The van der Waals surface area contributed by atoms with E-state index in [1.165, 1.54) is 12.1 Å². The number of carboxylic acids is 1. The van der Waals surface area contributed by atoms with Crippen LogP contribution in [0.5, 0.6) is 0 Å². The number of piperidine rings is 1. The number of sulfonamides is 1. The zero-order valence-corrected chi connectivity index (χ0v) is 14.2. The zero-order valence-electron chi connectivity index (χ0n) is 12.6. The molecule has 0 spiro atoms. The van der Waals surface area contributed by atoms with Crippen LogP contribution in [0.3, 0.4) is 0 Å². The minimum Gasteiger partial charge on any atom is -0.480 e. The van der Waals surface area contributed by atoms with Crippen molar-refractivity contribution in [1.82, 2.24) is 9.62 Å². The summed E-state index contributed by atoms with van der Waals surface area (Å²) >= 11 is 0. The summed E-state index contributed by atoms with van der Waals surface area (Å²) in [6.07, 6.45) is 1.08. The van der Waals surface area contributed by atoms with Crippen LogP contribution in [0, 0.1) is 5.82 Å². The molecule has 1 aromatic rings. The van der Waals surface area contributed by atoms with Gasteiger partial charge >= 0.3 is 5.97 Å². The first-order valence-corrected chi connectivity index (χ1v) is 8.52. The number of rotatable bonds is 5. The summed E-state index contributed by atoms with van der Waals surface area (Å²) < 4.78 is 39.8. The standard InChI is InChI=1S/C14H19FN2O4S.ClH/c1-10(14(18)19)17-8-6-12(7-9-17)16-22(20,21)13-4-2-11(15)3-5-13;/h2-5,10,12,16H,6-9H2,1H3,(H,18,19);1H. The van der Waals surface area contributed by atoms with Gasteiger partial charge in [0.05, 0.1) is 4.90 Å². The largest absolute Gasteiger partial charge is 0.480 e. The first kappa shape index (κ1) is 19.8. The molecule has 0 bridgehead atoms. The molecule has 9 heteroatoms. The molecule has 1 saturated heterocycles. The molecule has 1 heterocycles. The lowest BCUT2D eigenvalue weighted by atomic mass is 10.0. The third-order valence-corrected chi connectivity index (χ3v) is 5.42. The van der Waals surface area contributed by atoms with E-state index in [-0.39, 0.29) is 23.3 Å². The third-order valence-electron chi connectivity index (χ3n) is 3.88. The van der Waals surface area contributed by atoms with Crippen molar-refractivity contribution < 1.29 is 22.7 Å². The van der Waals surface area contributed by atoms with Crippen LogP contribution >= 0.6 is 12.4 Å². The van der Waals surface area contributed by atoms with Crippen LogP contribution in [0.1, 0.15) is 19.8 Å². The molecule has 1 aliphatic rings. The van der Waals surface area contributed by atoms with Crippen molar-refractivity contribution >= 4 is 28.4 Å². The molecule has 6 nitrogen and oxygen atoms in total. The van der Waals surface area contributed by atoms with E-state index in [0.29, 0.717) is 25.9 Å². The Kier molecular flexibility index (Phi) is 6.94. The number of benzene rings is 1. The second-order valence-electron chi connectivity index (χ2n) is 5.40. The maximum atomic E-state index is 12.8. The molecule has 0 saturated carbocycles. The maximum absolute atomic E-state index is 12.8. The molecule has 1 atom stereocenters. The van der Waals surface area contributed by atoms with Gasteiger partial charge in [0, 0.05) is 19.1 Å². The van der Waals surface area contributed by atoms with Crippen molar-refractivity contribution in [3.05, 3.63) is 30.1 Å². The van der Waals surface area contributed by atoms with Crippen molar-refractivity contribution in [3.8, 4) is 0 Å². The van der Waals surface area contributed by atoms with Crippen LogP contribution in [-0.4, -0.2) is 49.6 Å². The Hall–Kier alpha value is -1.22. The number of nitrogens with one attached hydrogen (secondary N) is 1. The first-order valence-electron chi connectivity index (χ1n) is 7.04. The van der Waals surface area contributed by atoms with Gasteiger partial charge in [0.2, 0.25) is 10.0 Å². The molecule has 1 unspecified atom stereocenters. The Balaban J connectivity index is 0.00000264. The first-order chi connectivity index (χ1) is 10.3. The van der Waals surface area contributed by atoms with Crippen LogP contribution in [0.4, 0.5) is 4.39 Å². The van der Waals surface area contributed by atoms with Gasteiger partial charge in [-0.25, -0.2) is 17.5 Å². The average Bonchev–Trinajstić information content (AvgIpc) is 2.47. The number of carbonyl (C=O) groups is 1. The molecule has 130 valence electrons. The lowest BCUT2D eigenvalue weighted by molar-refractivity contribution is -0.143. The Labute approximate surface area is 141 Å². The van der Waals surface area contributed by atoms with Crippen LogP contribution < -0.4 is 4.72 Å². The van der Waals surface area contributed by atoms with E-state index >= 15 is 0 Å². The summed E-state index contributed by atoms with van der Waals surface area (Å²) in [5.74, 6) is -1.37. The minimum absolute atomic E-state index is 0. The van der Waals surface area contributed by atoms with Crippen molar-refractivity contribution in [2.75, 3.05) is 13.1 Å². The molecule has 0 amide bonds. The van der Waals surface area contributed by atoms with Gasteiger partial charge in [-0.15, -0.1) is 12.4 Å². The fraction of sp³-hybridized carbons (Fsp3) is 0.500. The summed E-state index contributed by atoms with van der Waals surface area (Å²) in [5.41, 5.74) is 0. The molecule has 1 fully saturated rings. The van der Waals surface area contributed by atoms with Crippen LogP contribution in [0.15, 0.2) is 29.2 Å². The molecule has 2 rings (SSSR count). The van der Waals surface area contributed by atoms with Crippen molar-refractivity contribution in [3.63, 3.8) is 0 Å². The molecule has 2 N–H and O–H groups in total. The fourth-order valence-electron chi connectivity index (χ4n) is 2.46. The number of halogens is 2. The molecule has 23 heavy (non-hydrogen) atoms. The predicted molar refractivity (Wildman–Crippen MR) is 85.7 cm³/mol. The number of nitrogens with zero attached hydrogens (tertiary/aromatic N) is 1. The number of hydrogen-bond acceptors (Lipinski definition) is 4. The smallest absolute Gasteiger partial charge is 0.320 e. The predicted octanol–water partition coefficient (Wildman–Crippen LogP) is 1.46. The summed E-state index contributed by atoms with van der Waals surface area (Å²) in [6.45, 7) is 2.65. The van der Waals surface area contributed by atoms with Crippen LogP contribution in [0.2, 0.25) is 0 Å². The molecule has 0 aliphatic carbocycles. The highest BCUT2D eigenvalue weighted by Crippen LogP contribution is 2.17. The molecular weight excluding hydrogens is 347 g/mol. The van der Waals surface area contributed by atoms with Crippen LogP contribution in [0.25, 0.3) is 0 Å². The van der Waals surface area contributed by atoms with Gasteiger partial charge in [-0.2, -0.15) is 0 Å². The number of aliphatic carboxylic acids is 1. The second-order valence-corrected chi connectivity index (χ2v) is 7.11. The van der Waals surface area contributed by atoms with Gasteiger partial charge in [0.15, 0.2) is 0 Å². The van der Waals surface area contributed by atoms with E-state index in [4.69, 9.17) is 5.11 Å². The normalized spacial score (nSPS) is 18.2. The van der Waals surface area contributed by atoms with Gasteiger partial charge in [-0.3, -0.25) is 9.69 Å². The fourth-order valence-corrected chi connectivity index (χ4v) is 3.77. The lowest BCUT2D eigenvalue weighted by Crippen LogP contribution is -2.49. The molecule has 0 aromatic heterocycles. The van der Waals surface area contributed by atoms with Crippen LogP contribution in [-0.2, 0) is 14.8 Å². The van der Waals surface area contributed by atoms with Gasteiger partial charge in [-0.1, -0.05) is 0 Å². The van der Waals surface area contributed by atoms with E-state index in [1.54, 1.807) is 6.92 Å². The van der Waals surface area contributed by atoms with E-state index in [0.717, 1.165) is 12.1 Å². The number of hydrogen-bond donors (Lipinski definition) is 2. The van der Waals surface area contributed by atoms with Gasteiger partial charge in [0.1, 0.15) is 11.9 Å². The highest BCUT2D eigenvalue weighted by Gasteiger charge is 2.28. The topological polar surface area (TPSA) is 86.7 Å². The Morgan fingerprint density at radius 1 is 1.30 bits per heavy atom. The average molecular weight is 367 g/mol. The highest BCUT2D eigenvalue weighted by molar-refractivity contribution is 7.89. The monoisotopic (exact) mass is 366 g/mol. The number of carboxylic acid groups (broad SMARTS) is 1. The maximum Gasteiger partial charge on any atom is 0.320 e. The van der Waals surface area contributed by atoms with Gasteiger partial charge < -0.3 is 5.11 Å². The molecule has 1 aliphatic heterocycles. The third kappa shape index (κ3) is 5.13. The van der Waals surface area contributed by atoms with Gasteiger partial charge in [0.25, 0.3) is 0 Å². The molecule has 0 radical (unpaired) electrons. The van der Waals surface area contributed by atoms with Crippen molar-refractivity contribution in [2.24, 2.45) is 0 Å². The summed E-state index contributed by atoms with van der Waals surface area (Å²) in [4.78, 5) is 12.8. The molecule has 1 aromatic carbocycles. The Morgan fingerprint density at radius 3 is 2.30 bits per heavy atom. The van der Waals surface area contributed by atoms with Crippen molar-refractivity contribution in [2.45, 2.75) is 36.7 Å². The lowest BCUT2D eigenvalue weighted by Gasteiger charge is -2.34.